The molecule has 1 spiro atoms. The Morgan fingerprint density at radius 2 is 1.90 bits per heavy atom. The van der Waals surface area contributed by atoms with Crippen LogP contribution in [-0.2, 0) is 11.3 Å². The molecule has 3 aliphatic heterocycles. The van der Waals surface area contributed by atoms with Crippen molar-refractivity contribution in [3.05, 3.63) is 64.3 Å². The van der Waals surface area contributed by atoms with E-state index in [2.05, 4.69) is 26.5 Å². The molecule has 0 bridgehead atoms. The third-order valence-electron chi connectivity index (χ3n) is 8.81. The molecule has 3 aromatic rings. The van der Waals surface area contributed by atoms with Crippen molar-refractivity contribution < 1.29 is 9.53 Å². The molecule has 0 radical (unpaired) electrons. The molecule has 1 atom stereocenters. The van der Waals surface area contributed by atoms with Crippen molar-refractivity contribution in [3.8, 4) is 22.9 Å². The Bertz CT molecular complexity index is 1380. The number of pyridine rings is 2. The average Bonchev–Trinajstić information content (AvgIpc) is 3.62. The van der Waals surface area contributed by atoms with Crippen LogP contribution in [0.2, 0.25) is 10.0 Å². The first-order chi connectivity index (χ1) is 20.3. The zero-order valence-electron chi connectivity index (χ0n) is 24.0. The lowest BCUT2D eigenvalue weighted by Gasteiger charge is -2.32. The fraction of sp³-hybridized carbons (Fsp3) is 0.469. The van der Waals surface area contributed by atoms with Gasteiger partial charge in [0, 0.05) is 66.7 Å². The van der Waals surface area contributed by atoms with E-state index in [4.69, 9.17) is 37.9 Å². The molecule has 222 valence electrons. The number of piperidine rings is 1. The molecule has 42 heavy (non-hydrogen) atoms. The zero-order valence-corrected chi connectivity index (χ0v) is 25.6. The first kappa shape index (κ1) is 29.2. The lowest BCUT2D eigenvalue weighted by atomic mass is 9.87. The molecule has 3 saturated heterocycles. The Labute approximate surface area is 257 Å². The Morgan fingerprint density at radius 1 is 1.10 bits per heavy atom. The van der Waals surface area contributed by atoms with Crippen LogP contribution in [0.1, 0.15) is 38.2 Å². The van der Waals surface area contributed by atoms with E-state index in [1.807, 2.05) is 30.3 Å². The molecule has 3 fully saturated rings. The molecular weight excluding hydrogens is 571 g/mol. The normalized spacial score (nSPS) is 21.3. The maximum Gasteiger partial charge on any atom is 0.220 e. The quantitative estimate of drug-likeness (QED) is 0.335. The number of aromatic nitrogens is 2. The van der Waals surface area contributed by atoms with Crippen LogP contribution in [0.15, 0.2) is 48.7 Å². The van der Waals surface area contributed by atoms with Gasteiger partial charge >= 0.3 is 0 Å². The van der Waals surface area contributed by atoms with Crippen molar-refractivity contribution in [2.45, 2.75) is 39.2 Å². The molecule has 10 heteroatoms. The fourth-order valence-corrected chi connectivity index (χ4v) is 6.99. The second kappa shape index (κ2) is 12.8. The van der Waals surface area contributed by atoms with Crippen molar-refractivity contribution in [2.24, 2.45) is 11.3 Å². The number of hydrogen-bond acceptors (Lipinski definition) is 7. The summed E-state index contributed by atoms with van der Waals surface area (Å²) in [6, 6.07) is 13.6. The molecule has 8 nitrogen and oxygen atoms in total. The number of carbonyl (C=O) groups is 1. The molecule has 5 heterocycles. The number of likely N-dealkylation sites (tertiary alicyclic amines) is 1. The maximum atomic E-state index is 11.3. The van der Waals surface area contributed by atoms with Gasteiger partial charge in [-0.1, -0.05) is 23.2 Å². The van der Waals surface area contributed by atoms with E-state index in [-0.39, 0.29) is 5.91 Å². The molecule has 3 aliphatic rings. The van der Waals surface area contributed by atoms with Crippen molar-refractivity contribution in [1.82, 2.24) is 25.5 Å². The van der Waals surface area contributed by atoms with Crippen LogP contribution in [0.3, 0.4) is 0 Å². The number of nitrogens with zero attached hydrogens (tertiary/aromatic N) is 4. The third-order valence-corrected chi connectivity index (χ3v) is 9.25. The highest BCUT2D eigenvalue weighted by atomic mass is 35.5. The van der Waals surface area contributed by atoms with Crippen LogP contribution >= 0.6 is 23.2 Å². The second-order valence-electron chi connectivity index (χ2n) is 12.1. The summed E-state index contributed by atoms with van der Waals surface area (Å²) in [5, 5.41) is 7.60. The molecule has 6 rings (SSSR count). The summed E-state index contributed by atoms with van der Waals surface area (Å²) in [5.74, 6) is 2.69. The van der Waals surface area contributed by atoms with Crippen LogP contribution in [0, 0.1) is 11.3 Å². The Kier molecular flexibility index (Phi) is 8.86. The van der Waals surface area contributed by atoms with E-state index < -0.39 is 0 Å². The van der Waals surface area contributed by atoms with Gasteiger partial charge in [-0.15, -0.1) is 0 Å². The molecule has 0 aliphatic carbocycles. The topological polar surface area (TPSA) is 82.6 Å². The lowest BCUT2D eigenvalue weighted by Crippen LogP contribution is -2.37. The fourth-order valence-electron chi connectivity index (χ4n) is 6.46. The SMILES string of the molecule is CC(=O)NCC1CCN(Cc2cc(Oc3ccc(N4CCC5(CCNC5)C4)nc3)nc(-c3cc(Cl)cc(Cl)c3)c2)CC1. The van der Waals surface area contributed by atoms with Gasteiger partial charge in [0.05, 0.1) is 11.9 Å². The van der Waals surface area contributed by atoms with Crippen molar-refractivity contribution in [2.75, 3.05) is 50.7 Å². The highest BCUT2D eigenvalue weighted by Crippen LogP contribution is 2.38. The number of carbonyl (C=O) groups excluding carboxylic acids is 1. The Balaban J connectivity index is 1.18. The number of nitrogens with one attached hydrogen (secondary N) is 2. The molecular formula is C32H38Cl2N6O2. The summed E-state index contributed by atoms with van der Waals surface area (Å²) in [6.07, 6.45) is 6.34. The second-order valence-corrected chi connectivity index (χ2v) is 12.9. The van der Waals surface area contributed by atoms with Crippen LogP contribution in [-0.4, -0.2) is 66.6 Å². The van der Waals surface area contributed by atoms with Gasteiger partial charge in [0.25, 0.3) is 0 Å². The standard InChI is InChI=1S/C32H38Cl2N6O2/c1-22(41)36-17-23-4-9-39(10-5-23)19-24-12-29(25-14-26(33)16-27(34)15-25)38-31(13-24)42-28-2-3-30(37-18-28)40-11-7-32(21-40)6-8-35-20-32/h2-3,12-16,18,23,35H,4-11,17,19-21H2,1H3,(H,36,41). The van der Waals surface area contributed by atoms with Gasteiger partial charge in [0.15, 0.2) is 0 Å². The van der Waals surface area contributed by atoms with Gasteiger partial charge in [0.2, 0.25) is 11.8 Å². The van der Waals surface area contributed by atoms with Crippen molar-refractivity contribution >= 4 is 34.9 Å². The predicted octanol–water partition coefficient (Wildman–Crippen LogP) is 5.78. The number of rotatable bonds is 8. The highest BCUT2D eigenvalue weighted by molar-refractivity contribution is 6.35. The molecule has 0 saturated carbocycles. The third kappa shape index (κ3) is 7.17. The van der Waals surface area contributed by atoms with E-state index >= 15 is 0 Å². The van der Waals surface area contributed by atoms with E-state index in [0.29, 0.717) is 33.0 Å². The van der Waals surface area contributed by atoms with Gasteiger partial charge < -0.3 is 20.3 Å². The number of benzene rings is 1. The van der Waals surface area contributed by atoms with Crippen molar-refractivity contribution in [3.63, 3.8) is 0 Å². The van der Waals surface area contributed by atoms with Crippen LogP contribution < -0.4 is 20.3 Å². The number of anilines is 1. The van der Waals surface area contributed by atoms with Crippen LogP contribution in [0.25, 0.3) is 11.3 Å². The molecule has 1 aromatic carbocycles. The van der Waals surface area contributed by atoms with E-state index in [1.54, 1.807) is 19.2 Å². The minimum atomic E-state index is 0.0336. The maximum absolute atomic E-state index is 11.3. The van der Waals surface area contributed by atoms with Gasteiger partial charge in [-0.25, -0.2) is 9.97 Å². The van der Waals surface area contributed by atoms with E-state index in [0.717, 1.165) is 87.8 Å². The molecule has 1 amide bonds. The molecule has 2 aromatic heterocycles. The summed E-state index contributed by atoms with van der Waals surface area (Å²) in [7, 11) is 0. The summed E-state index contributed by atoms with van der Waals surface area (Å²) in [4.78, 5) is 25.7. The van der Waals surface area contributed by atoms with Crippen LogP contribution in [0.4, 0.5) is 5.82 Å². The smallest absolute Gasteiger partial charge is 0.220 e. The number of hydrogen-bond donors (Lipinski definition) is 2. The number of ether oxygens (including phenoxy) is 1. The molecule has 1 unspecified atom stereocenters. The summed E-state index contributed by atoms with van der Waals surface area (Å²) in [5.41, 5.74) is 3.08. The Morgan fingerprint density at radius 3 is 2.60 bits per heavy atom. The first-order valence-corrected chi connectivity index (χ1v) is 15.6. The lowest BCUT2D eigenvalue weighted by molar-refractivity contribution is -0.119. The van der Waals surface area contributed by atoms with Gasteiger partial charge in [-0.05, 0) is 93.2 Å². The van der Waals surface area contributed by atoms with Gasteiger partial charge in [0.1, 0.15) is 11.6 Å². The summed E-state index contributed by atoms with van der Waals surface area (Å²) >= 11 is 12.7. The molecule has 2 N–H and O–H groups in total. The zero-order chi connectivity index (χ0) is 29.1. The van der Waals surface area contributed by atoms with E-state index in [9.17, 15) is 4.79 Å². The largest absolute Gasteiger partial charge is 0.437 e. The summed E-state index contributed by atoms with van der Waals surface area (Å²) < 4.78 is 6.29. The van der Waals surface area contributed by atoms with Gasteiger partial charge in [-0.2, -0.15) is 0 Å². The Hall–Kier alpha value is -2.91. The average molecular weight is 610 g/mol. The van der Waals surface area contributed by atoms with Gasteiger partial charge in [-0.3, -0.25) is 9.69 Å². The highest BCUT2D eigenvalue weighted by Gasteiger charge is 2.40. The minimum absolute atomic E-state index is 0.0336. The first-order valence-electron chi connectivity index (χ1n) is 14.9. The van der Waals surface area contributed by atoms with Crippen LogP contribution in [0.5, 0.6) is 11.6 Å². The summed E-state index contributed by atoms with van der Waals surface area (Å²) in [6.45, 7) is 9.34. The van der Waals surface area contributed by atoms with E-state index in [1.165, 1.54) is 12.8 Å². The van der Waals surface area contributed by atoms with Crippen molar-refractivity contribution in [1.29, 1.82) is 0 Å². The predicted molar refractivity (Wildman–Crippen MR) is 167 cm³/mol. The minimum Gasteiger partial charge on any atom is -0.437 e. The monoisotopic (exact) mass is 608 g/mol. The number of halogens is 2. The number of amides is 1.